The maximum Gasteiger partial charge on any atom is 0.267 e. The van der Waals surface area contributed by atoms with E-state index in [2.05, 4.69) is 6.08 Å². The van der Waals surface area contributed by atoms with E-state index in [-0.39, 0.29) is 16.4 Å². The van der Waals surface area contributed by atoms with Gasteiger partial charge in [0.2, 0.25) is 0 Å². The minimum atomic E-state index is -3.72. The van der Waals surface area contributed by atoms with Crippen molar-refractivity contribution in [1.29, 1.82) is 0 Å². The van der Waals surface area contributed by atoms with Crippen molar-refractivity contribution >= 4 is 39.0 Å². The molecular weight excluding hydrogens is 478 g/mol. The van der Waals surface area contributed by atoms with Gasteiger partial charge < -0.3 is 9.47 Å². The van der Waals surface area contributed by atoms with Crippen molar-refractivity contribution in [1.82, 2.24) is 3.97 Å². The Labute approximate surface area is 203 Å². The largest absolute Gasteiger partial charge is 0.350 e. The summed E-state index contributed by atoms with van der Waals surface area (Å²) >= 11 is 7.71. The van der Waals surface area contributed by atoms with Gasteiger partial charge in [-0.25, -0.2) is 12.4 Å². The summed E-state index contributed by atoms with van der Waals surface area (Å²) < 4.78 is 39.8. The highest BCUT2D eigenvalue weighted by Gasteiger charge is 2.31. The van der Waals surface area contributed by atoms with Gasteiger partial charge in [-0.05, 0) is 60.9 Å². The van der Waals surface area contributed by atoms with E-state index in [1.807, 2.05) is 36.4 Å². The van der Waals surface area contributed by atoms with Crippen LogP contribution in [0.1, 0.15) is 35.8 Å². The molecule has 1 aliphatic heterocycles. The summed E-state index contributed by atoms with van der Waals surface area (Å²) in [6.45, 7) is 1.25. The van der Waals surface area contributed by atoms with Crippen molar-refractivity contribution in [2.24, 2.45) is 0 Å². The van der Waals surface area contributed by atoms with Gasteiger partial charge in [0.25, 0.3) is 10.0 Å². The summed E-state index contributed by atoms with van der Waals surface area (Å²) in [7, 11) is -3.72. The van der Waals surface area contributed by atoms with Crippen LogP contribution in [0.15, 0.2) is 82.7 Å². The normalized spacial score (nSPS) is 18.8. The molecule has 5 rings (SSSR count). The van der Waals surface area contributed by atoms with Crippen LogP contribution < -0.4 is 0 Å². The second-order valence-electron chi connectivity index (χ2n) is 7.96. The Morgan fingerprint density at radius 3 is 2.45 bits per heavy atom. The topological polar surface area (TPSA) is 57.5 Å². The van der Waals surface area contributed by atoms with Gasteiger partial charge in [-0.3, -0.25) is 0 Å². The molecule has 3 aromatic rings. The van der Waals surface area contributed by atoms with Crippen LogP contribution in [-0.2, 0) is 19.5 Å². The average molecular weight is 502 g/mol. The molecule has 1 aromatic heterocycles. The first-order valence-electron chi connectivity index (χ1n) is 10.9. The van der Waals surface area contributed by atoms with Gasteiger partial charge in [0.05, 0.1) is 29.1 Å². The van der Waals surface area contributed by atoms with Crippen molar-refractivity contribution in [2.75, 3.05) is 13.2 Å². The third kappa shape index (κ3) is 4.79. The van der Waals surface area contributed by atoms with Crippen LogP contribution in [-0.4, -0.2) is 31.9 Å². The monoisotopic (exact) mass is 501 g/mol. The van der Waals surface area contributed by atoms with Gasteiger partial charge in [-0.1, -0.05) is 35.9 Å². The molecular formula is C25H24ClNO4S2. The van der Waals surface area contributed by atoms with Gasteiger partial charge in [0, 0.05) is 28.1 Å². The Morgan fingerprint density at radius 1 is 1.00 bits per heavy atom. The minimum absolute atomic E-state index is 0.0441. The molecule has 0 spiro atoms. The molecule has 1 atom stereocenters. The molecule has 33 heavy (non-hydrogen) atoms. The number of allylic oxidation sites excluding steroid dienone is 2. The lowest BCUT2D eigenvalue weighted by Gasteiger charge is -2.25. The molecule has 0 amide bonds. The van der Waals surface area contributed by atoms with Crippen LogP contribution in [0.3, 0.4) is 0 Å². The first-order chi connectivity index (χ1) is 16.0. The number of nitrogens with zero attached hydrogens (tertiary/aromatic N) is 1. The SMILES string of the molecule is O=S(=O)(c1ccccc1)n1ccc2c1C(Sc1ccc(Cl)cc1)CC=C2CCC1OCCO1. The number of ether oxygens (including phenoxy) is 2. The molecule has 0 bridgehead atoms. The molecule has 5 nitrogen and oxygen atoms in total. The smallest absolute Gasteiger partial charge is 0.267 e. The average Bonchev–Trinajstić information content (AvgIpc) is 3.51. The number of hydrogen-bond donors (Lipinski definition) is 0. The summed E-state index contributed by atoms with van der Waals surface area (Å²) in [4.78, 5) is 1.33. The maximum atomic E-state index is 13.6. The Morgan fingerprint density at radius 2 is 1.73 bits per heavy atom. The first kappa shape index (κ1) is 22.7. The standard InChI is InChI=1S/C25H24ClNO4S2/c26-19-8-10-20(11-9-19)32-23-12-6-18(7-13-24-30-16-17-31-24)22-14-15-27(25(22)23)33(28,29)21-4-2-1-3-5-21/h1-6,8-11,14-15,23-24H,7,12-13,16-17H2. The molecule has 1 fully saturated rings. The Kier molecular flexibility index (Phi) is 6.67. The van der Waals surface area contributed by atoms with Gasteiger partial charge in [0.15, 0.2) is 6.29 Å². The highest BCUT2D eigenvalue weighted by Crippen LogP contribution is 2.47. The van der Waals surface area contributed by atoms with Crippen molar-refractivity contribution in [2.45, 2.75) is 40.6 Å². The predicted molar refractivity (Wildman–Crippen MR) is 131 cm³/mol. The molecule has 1 aliphatic carbocycles. The maximum absolute atomic E-state index is 13.6. The van der Waals surface area contributed by atoms with E-state index in [0.717, 1.165) is 41.0 Å². The van der Waals surface area contributed by atoms with E-state index in [1.54, 1.807) is 42.2 Å². The number of rotatable bonds is 7. The fraction of sp³-hybridized carbons (Fsp3) is 0.280. The lowest BCUT2D eigenvalue weighted by atomic mass is 9.93. The van der Waals surface area contributed by atoms with Crippen LogP contribution in [0.4, 0.5) is 0 Å². The van der Waals surface area contributed by atoms with Crippen molar-refractivity contribution in [3.63, 3.8) is 0 Å². The molecule has 172 valence electrons. The Bertz CT molecular complexity index is 1250. The zero-order chi connectivity index (χ0) is 22.8. The van der Waals surface area contributed by atoms with Gasteiger partial charge in [-0.15, -0.1) is 11.8 Å². The molecule has 2 aromatic carbocycles. The lowest BCUT2D eigenvalue weighted by molar-refractivity contribution is -0.0453. The molecule has 1 unspecified atom stereocenters. The minimum Gasteiger partial charge on any atom is -0.350 e. The van der Waals surface area contributed by atoms with Gasteiger partial charge in [-0.2, -0.15) is 0 Å². The second kappa shape index (κ2) is 9.68. The highest BCUT2D eigenvalue weighted by molar-refractivity contribution is 7.99. The first-order valence-corrected chi connectivity index (χ1v) is 13.6. The quantitative estimate of drug-likeness (QED) is 0.388. The fourth-order valence-corrected chi connectivity index (χ4v) is 7.06. The highest BCUT2D eigenvalue weighted by atomic mass is 35.5. The number of thioether (sulfide) groups is 1. The third-order valence-electron chi connectivity index (χ3n) is 5.85. The molecule has 0 saturated carbocycles. The fourth-order valence-electron chi connectivity index (χ4n) is 4.27. The van der Waals surface area contributed by atoms with E-state index in [4.69, 9.17) is 21.1 Å². The van der Waals surface area contributed by atoms with Crippen LogP contribution >= 0.6 is 23.4 Å². The Balaban J connectivity index is 1.51. The van der Waals surface area contributed by atoms with Crippen LogP contribution in [0.2, 0.25) is 5.02 Å². The van der Waals surface area contributed by atoms with E-state index in [9.17, 15) is 8.42 Å². The summed E-state index contributed by atoms with van der Waals surface area (Å²) in [6, 6.07) is 18.2. The number of aromatic nitrogens is 1. The van der Waals surface area contributed by atoms with Crippen LogP contribution in [0.5, 0.6) is 0 Å². The van der Waals surface area contributed by atoms with E-state index in [1.165, 1.54) is 3.97 Å². The van der Waals surface area contributed by atoms with Crippen molar-refractivity contribution in [3.8, 4) is 0 Å². The molecule has 0 radical (unpaired) electrons. The Hall–Kier alpha value is -2.03. The van der Waals surface area contributed by atoms with Crippen molar-refractivity contribution in [3.05, 3.63) is 89.2 Å². The second-order valence-corrected chi connectivity index (χ2v) is 11.5. The molecule has 0 N–H and O–H groups in total. The lowest BCUT2D eigenvalue weighted by Crippen LogP contribution is -2.18. The molecule has 2 heterocycles. The van der Waals surface area contributed by atoms with E-state index >= 15 is 0 Å². The number of fused-ring (bicyclic) bond motifs is 1. The molecule has 1 saturated heterocycles. The summed E-state index contributed by atoms with van der Waals surface area (Å²) in [5.74, 6) is 0. The summed E-state index contributed by atoms with van der Waals surface area (Å²) in [6.07, 6.45) is 5.97. The van der Waals surface area contributed by atoms with Crippen molar-refractivity contribution < 1.29 is 17.9 Å². The van der Waals surface area contributed by atoms with E-state index < -0.39 is 10.0 Å². The van der Waals surface area contributed by atoms with Gasteiger partial charge >= 0.3 is 0 Å². The molecule has 8 heteroatoms. The van der Waals surface area contributed by atoms with Crippen LogP contribution in [0, 0.1) is 0 Å². The van der Waals surface area contributed by atoms with Gasteiger partial charge in [0.1, 0.15) is 0 Å². The summed E-state index contributed by atoms with van der Waals surface area (Å²) in [5, 5.41) is 0.634. The number of hydrogen-bond acceptors (Lipinski definition) is 5. The molecule has 2 aliphatic rings. The number of halogens is 1. The van der Waals surface area contributed by atoms with E-state index in [0.29, 0.717) is 18.2 Å². The third-order valence-corrected chi connectivity index (χ3v) is 9.05. The zero-order valence-electron chi connectivity index (χ0n) is 17.9. The summed E-state index contributed by atoms with van der Waals surface area (Å²) in [5.41, 5.74) is 2.92. The number of benzene rings is 2. The predicted octanol–water partition coefficient (Wildman–Crippen LogP) is 6.15. The zero-order valence-corrected chi connectivity index (χ0v) is 20.3. The van der Waals surface area contributed by atoms with Crippen LogP contribution in [0.25, 0.3) is 5.57 Å².